The number of carboxylic acids is 1. The van der Waals surface area contributed by atoms with E-state index in [2.05, 4.69) is 0 Å². The molecule has 0 bridgehead atoms. The lowest BCUT2D eigenvalue weighted by Gasteiger charge is -2.39. The number of hydrogen-bond donors (Lipinski definition) is 1. The van der Waals surface area contributed by atoms with E-state index in [1.54, 1.807) is 6.07 Å². The molecular weight excluding hydrogens is 326 g/mol. The minimum absolute atomic E-state index is 0.168. The monoisotopic (exact) mass is 341 g/mol. The van der Waals surface area contributed by atoms with Crippen LogP contribution in [0.3, 0.4) is 0 Å². The van der Waals surface area contributed by atoms with Crippen LogP contribution in [0.4, 0.5) is 0 Å². The topological polar surface area (TPSA) is 83.9 Å². The molecule has 3 rings (SSSR count). The van der Waals surface area contributed by atoms with E-state index >= 15 is 0 Å². The minimum Gasteiger partial charge on any atom is -0.479 e. The summed E-state index contributed by atoms with van der Waals surface area (Å²) >= 11 is 1.23. The second kappa shape index (κ2) is 5.62. The molecule has 2 heterocycles. The van der Waals surface area contributed by atoms with E-state index in [0.717, 1.165) is 10.1 Å². The van der Waals surface area contributed by atoms with Gasteiger partial charge in [-0.3, -0.25) is 0 Å². The number of thiophene rings is 1. The molecule has 1 aromatic heterocycles. The molecule has 1 aliphatic heterocycles. The first-order chi connectivity index (χ1) is 10.4. The molecule has 6 nitrogen and oxygen atoms in total. The van der Waals surface area contributed by atoms with Gasteiger partial charge in [0.1, 0.15) is 4.21 Å². The van der Waals surface area contributed by atoms with Gasteiger partial charge in [-0.2, -0.15) is 4.31 Å². The number of carboxylic acid groups (broad SMARTS) is 1. The minimum atomic E-state index is -3.56. The maximum Gasteiger partial charge on any atom is 0.333 e. The fourth-order valence-corrected chi connectivity index (χ4v) is 5.67. The van der Waals surface area contributed by atoms with Crippen molar-refractivity contribution in [3.05, 3.63) is 30.3 Å². The number of fused-ring (bicyclic) bond motifs is 1. The summed E-state index contributed by atoms with van der Waals surface area (Å²) in [7, 11) is -2.24. The number of aliphatic carboxylic acids is 1. The van der Waals surface area contributed by atoms with Crippen LogP contribution in [0, 0.1) is 5.92 Å². The van der Waals surface area contributed by atoms with Gasteiger partial charge >= 0.3 is 5.97 Å². The Morgan fingerprint density at radius 3 is 2.68 bits per heavy atom. The zero-order valence-electron chi connectivity index (χ0n) is 11.8. The summed E-state index contributed by atoms with van der Waals surface area (Å²) in [5, 5.41) is 9.91. The lowest BCUT2D eigenvalue weighted by molar-refractivity contribution is -0.154. The number of ether oxygens (including phenoxy) is 1. The van der Waals surface area contributed by atoms with Crippen molar-refractivity contribution in [1.82, 2.24) is 4.31 Å². The molecule has 0 aliphatic carbocycles. The standard InChI is InChI=1S/C14H15NO5S2/c1-20-13(14(16)17)10-7-15(8-10)22(18,19)12-6-9-4-2-3-5-11(9)21-12/h2-6,10,13H,7-8H2,1H3,(H,16,17). The van der Waals surface area contributed by atoms with Gasteiger partial charge in [0.05, 0.1) is 0 Å². The predicted molar refractivity (Wildman–Crippen MR) is 82.5 cm³/mol. The molecule has 0 radical (unpaired) electrons. The average molecular weight is 341 g/mol. The Labute approximate surface area is 132 Å². The fraction of sp³-hybridized carbons (Fsp3) is 0.357. The summed E-state index contributed by atoms with van der Waals surface area (Å²) in [4.78, 5) is 11.0. The molecule has 1 fully saturated rings. The lowest BCUT2D eigenvalue weighted by atomic mass is 9.96. The first-order valence-electron chi connectivity index (χ1n) is 6.68. The Balaban J connectivity index is 1.79. The summed E-state index contributed by atoms with van der Waals surface area (Å²) < 4.78 is 32.5. The van der Waals surface area contributed by atoms with E-state index < -0.39 is 22.1 Å². The number of methoxy groups -OCH3 is 1. The number of carbonyl (C=O) groups is 1. The zero-order chi connectivity index (χ0) is 15.9. The fourth-order valence-electron chi connectivity index (χ4n) is 2.56. The Morgan fingerprint density at radius 1 is 1.41 bits per heavy atom. The Hall–Kier alpha value is -1.48. The lowest BCUT2D eigenvalue weighted by Crippen LogP contribution is -2.56. The second-order valence-electron chi connectivity index (χ2n) is 5.18. The van der Waals surface area contributed by atoms with Crippen LogP contribution < -0.4 is 0 Å². The molecule has 8 heteroatoms. The number of nitrogens with zero attached hydrogens (tertiary/aromatic N) is 1. The molecule has 0 spiro atoms. The van der Waals surface area contributed by atoms with E-state index in [0.29, 0.717) is 0 Å². The highest BCUT2D eigenvalue weighted by Crippen LogP contribution is 2.34. The number of rotatable bonds is 5. The van der Waals surface area contributed by atoms with E-state index in [9.17, 15) is 13.2 Å². The maximum atomic E-state index is 12.6. The van der Waals surface area contributed by atoms with E-state index in [4.69, 9.17) is 9.84 Å². The quantitative estimate of drug-likeness (QED) is 0.893. The summed E-state index contributed by atoms with van der Waals surface area (Å²) in [6.45, 7) is 0.336. The molecule has 2 aromatic rings. The van der Waals surface area contributed by atoms with Gasteiger partial charge in [-0.15, -0.1) is 11.3 Å². The van der Waals surface area contributed by atoms with Crippen LogP contribution in [0.15, 0.2) is 34.5 Å². The van der Waals surface area contributed by atoms with Gasteiger partial charge in [0.15, 0.2) is 6.10 Å². The Kier molecular flexibility index (Phi) is 3.94. The molecule has 1 unspecified atom stereocenters. The molecule has 1 atom stereocenters. The van der Waals surface area contributed by atoms with Gasteiger partial charge in [0.2, 0.25) is 0 Å². The highest BCUT2D eigenvalue weighted by molar-refractivity contribution is 7.91. The van der Waals surface area contributed by atoms with Crippen molar-refractivity contribution in [2.75, 3.05) is 20.2 Å². The highest BCUT2D eigenvalue weighted by atomic mass is 32.2. The molecule has 0 amide bonds. The number of benzene rings is 1. The molecule has 0 saturated carbocycles. The van der Waals surface area contributed by atoms with Crippen molar-refractivity contribution in [1.29, 1.82) is 0 Å². The van der Waals surface area contributed by atoms with E-state index in [1.165, 1.54) is 22.8 Å². The second-order valence-corrected chi connectivity index (χ2v) is 8.43. The van der Waals surface area contributed by atoms with Crippen LogP contribution >= 0.6 is 11.3 Å². The van der Waals surface area contributed by atoms with Crippen LogP contribution in [-0.2, 0) is 19.6 Å². The largest absolute Gasteiger partial charge is 0.479 e. The predicted octanol–water partition coefficient (Wildman–Crippen LogP) is 1.62. The first-order valence-corrected chi connectivity index (χ1v) is 8.93. The van der Waals surface area contributed by atoms with Crippen LogP contribution in [0.1, 0.15) is 0 Å². The van der Waals surface area contributed by atoms with Crippen molar-refractivity contribution in [3.8, 4) is 0 Å². The van der Waals surface area contributed by atoms with Crippen molar-refractivity contribution < 1.29 is 23.1 Å². The SMILES string of the molecule is COC(C(=O)O)C1CN(S(=O)(=O)c2cc3ccccc3s2)C1. The van der Waals surface area contributed by atoms with Gasteiger partial charge in [0, 0.05) is 30.8 Å². The summed E-state index contributed by atoms with van der Waals surface area (Å²) in [5.74, 6) is -1.38. The summed E-state index contributed by atoms with van der Waals surface area (Å²) in [6, 6.07) is 9.14. The molecule has 1 aromatic carbocycles. The van der Waals surface area contributed by atoms with Crippen LogP contribution in [0.25, 0.3) is 10.1 Å². The molecule has 1 aliphatic rings. The van der Waals surface area contributed by atoms with Crippen molar-refractivity contribution in [3.63, 3.8) is 0 Å². The van der Waals surface area contributed by atoms with E-state index in [-0.39, 0.29) is 23.2 Å². The molecule has 1 N–H and O–H groups in total. The van der Waals surface area contributed by atoms with Crippen LogP contribution in [0.5, 0.6) is 0 Å². The third-order valence-electron chi connectivity index (χ3n) is 3.80. The number of sulfonamides is 1. The smallest absolute Gasteiger partial charge is 0.333 e. The third kappa shape index (κ3) is 2.52. The van der Waals surface area contributed by atoms with E-state index in [1.807, 2.05) is 24.3 Å². The van der Waals surface area contributed by atoms with Gasteiger partial charge in [0.25, 0.3) is 10.0 Å². The number of hydrogen-bond acceptors (Lipinski definition) is 5. The Bertz CT molecular complexity index is 775. The average Bonchev–Trinajstić information content (AvgIpc) is 2.86. The first kappa shape index (κ1) is 15.4. The van der Waals surface area contributed by atoms with Crippen molar-refractivity contribution in [2.24, 2.45) is 5.92 Å². The summed E-state index contributed by atoms with van der Waals surface area (Å²) in [6.07, 6.45) is -0.964. The molecule has 22 heavy (non-hydrogen) atoms. The summed E-state index contributed by atoms with van der Waals surface area (Å²) in [5.41, 5.74) is 0. The highest BCUT2D eigenvalue weighted by Gasteiger charge is 2.43. The van der Waals surface area contributed by atoms with Gasteiger partial charge in [-0.1, -0.05) is 18.2 Å². The van der Waals surface area contributed by atoms with Crippen molar-refractivity contribution in [2.45, 2.75) is 10.3 Å². The molecule has 1 saturated heterocycles. The molecular formula is C14H15NO5S2. The van der Waals surface area contributed by atoms with Gasteiger partial charge in [-0.05, 0) is 17.5 Å². The van der Waals surface area contributed by atoms with Gasteiger partial charge in [-0.25, -0.2) is 13.2 Å². The third-order valence-corrected chi connectivity index (χ3v) is 7.20. The van der Waals surface area contributed by atoms with Crippen LogP contribution in [-0.4, -0.2) is 50.1 Å². The Morgan fingerprint density at radius 2 is 2.09 bits per heavy atom. The van der Waals surface area contributed by atoms with Gasteiger partial charge < -0.3 is 9.84 Å². The zero-order valence-corrected chi connectivity index (χ0v) is 13.4. The molecule has 118 valence electrons. The van der Waals surface area contributed by atoms with Crippen molar-refractivity contribution >= 4 is 37.4 Å². The normalized spacial score (nSPS) is 18.2. The maximum absolute atomic E-state index is 12.6. The van der Waals surface area contributed by atoms with Crippen LogP contribution in [0.2, 0.25) is 0 Å².